The second-order valence-electron chi connectivity index (χ2n) is 4.98. The number of hydrogen-bond donors (Lipinski definition) is 1. The van der Waals surface area contributed by atoms with Crippen molar-refractivity contribution in [2.45, 2.75) is 24.0 Å². The number of nitrogens with zero attached hydrogens (tertiary/aromatic N) is 2. The van der Waals surface area contributed by atoms with Crippen molar-refractivity contribution in [2.24, 2.45) is 5.73 Å². The van der Waals surface area contributed by atoms with Gasteiger partial charge in [-0.1, -0.05) is 18.3 Å². The van der Waals surface area contributed by atoms with Crippen molar-refractivity contribution in [1.29, 1.82) is 0 Å². The lowest BCUT2D eigenvalue weighted by atomic mass is 9.95. The fourth-order valence-corrected chi connectivity index (χ4v) is 3.75. The Morgan fingerprint density at radius 2 is 2.21 bits per heavy atom. The normalized spacial score (nSPS) is 19.2. The van der Waals surface area contributed by atoms with Crippen LogP contribution in [-0.4, -0.2) is 45.5 Å². The number of piperidine rings is 1. The van der Waals surface area contributed by atoms with Crippen LogP contribution in [0.15, 0.2) is 24.4 Å². The highest BCUT2D eigenvalue weighted by Gasteiger charge is 2.36. The average molecular weight is 295 g/mol. The third-order valence-electron chi connectivity index (χ3n) is 3.91. The zero-order valence-corrected chi connectivity index (χ0v) is 13.0. The van der Waals surface area contributed by atoms with Gasteiger partial charge in [-0.25, -0.2) is 0 Å². The van der Waals surface area contributed by atoms with E-state index in [1.165, 1.54) is 5.69 Å². The summed E-state index contributed by atoms with van der Waals surface area (Å²) in [5.41, 5.74) is 7.07. The van der Waals surface area contributed by atoms with Crippen molar-refractivity contribution in [2.75, 3.05) is 25.9 Å². The van der Waals surface area contributed by atoms with Crippen LogP contribution >= 0.6 is 24.0 Å². The molecule has 2 heterocycles. The molecule has 0 spiro atoms. The third kappa shape index (κ3) is 3.68. The third-order valence-corrected chi connectivity index (χ3v) is 5.84. The SMILES string of the molecule is CSC1(C(N)=S)CCN(CCc2ccccn2)CC1. The molecule has 104 valence electrons. The maximum absolute atomic E-state index is 5.91. The molecule has 1 aliphatic rings. The molecule has 19 heavy (non-hydrogen) atoms. The van der Waals surface area contributed by atoms with E-state index in [1.54, 1.807) is 0 Å². The summed E-state index contributed by atoms with van der Waals surface area (Å²) < 4.78 is 0.0246. The van der Waals surface area contributed by atoms with Crippen LogP contribution in [-0.2, 0) is 6.42 Å². The Bertz CT molecular complexity index is 414. The molecule has 0 aliphatic carbocycles. The van der Waals surface area contributed by atoms with Crippen LogP contribution in [0.25, 0.3) is 0 Å². The number of pyridine rings is 1. The Morgan fingerprint density at radius 1 is 1.47 bits per heavy atom. The quantitative estimate of drug-likeness (QED) is 0.843. The maximum atomic E-state index is 5.91. The monoisotopic (exact) mass is 295 g/mol. The van der Waals surface area contributed by atoms with E-state index >= 15 is 0 Å². The van der Waals surface area contributed by atoms with Crippen LogP contribution in [0.1, 0.15) is 18.5 Å². The molecule has 0 amide bonds. The first-order chi connectivity index (χ1) is 9.16. The predicted octanol–water partition coefficient (Wildman–Crippen LogP) is 2.11. The number of hydrogen-bond acceptors (Lipinski definition) is 4. The van der Waals surface area contributed by atoms with Gasteiger partial charge in [0.15, 0.2) is 0 Å². The zero-order valence-electron chi connectivity index (χ0n) is 11.3. The van der Waals surface area contributed by atoms with Gasteiger partial charge in [-0.15, -0.1) is 0 Å². The van der Waals surface area contributed by atoms with E-state index < -0.39 is 0 Å². The van der Waals surface area contributed by atoms with E-state index in [0.29, 0.717) is 4.99 Å². The van der Waals surface area contributed by atoms with Crippen LogP contribution in [0.4, 0.5) is 0 Å². The van der Waals surface area contributed by atoms with Crippen LogP contribution in [0.2, 0.25) is 0 Å². The molecule has 0 atom stereocenters. The summed E-state index contributed by atoms with van der Waals surface area (Å²) in [4.78, 5) is 7.52. The topological polar surface area (TPSA) is 42.1 Å². The summed E-state index contributed by atoms with van der Waals surface area (Å²) in [6.45, 7) is 3.22. The fraction of sp³-hybridized carbons (Fsp3) is 0.571. The molecule has 2 rings (SSSR count). The molecule has 0 unspecified atom stereocenters. The Hall–Kier alpha value is -0.650. The average Bonchev–Trinajstić information content (AvgIpc) is 2.46. The van der Waals surface area contributed by atoms with Gasteiger partial charge in [0.05, 0.1) is 9.74 Å². The molecular weight excluding hydrogens is 274 g/mol. The van der Waals surface area contributed by atoms with Crippen LogP contribution in [0, 0.1) is 0 Å². The Labute approximate surface area is 125 Å². The summed E-state index contributed by atoms with van der Waals surface area (Å²) in [6.07, 6.45) is 7.11. The molecule has 1 fully saturated rings. The van der Waals surface area contributed by atoms with Gasteiger partial charge in [-0.2, -0.15) is 11.8 Å². The first kappa shape index (κ1) is 14.8. The molecule has 0 radical (unpaired) electrons. The van der Waals surface area contributed by atoms with E-state index in [2.05, 4.69) is 22.2 Å². The minimum Gasteiger partial charge on any atom is -0.392 e. The number of thiocarbonyl (C=S) groups is 1. The number of likely N-dealkylation sites (tertiary alicyclic amines) is 1. The number of aromatic nitrogens is 1. The summed E-state index contributed by atoms with van der Waals surface area (Å²) in [5, 5.41) is 0. The van der Waals surface area contributed by atoms with E-state index in [4.69, 9.17) is 18.0 Å². The summed E-state index contributed by atoms with van der Waals surface area (Å²) in [6, 6.07) is 6.09. The fourth-order valence-electron chi connectivity index (χ4n) is 2.51. The molecule has 1 aliphatic heterocycles. The Kier molecular flexibility index (Phi) is 5.19. The molecule has 1 aromatic rings. The highest BCUT2D eigenvalue weighted by atomic mass is 32.2. The maximum Gasteiger partial charge on any atom is 0.0891 e. The number of nitrogens with two attached hydrogens (primary N) is 1. The summed E-state index contributed by atoms with van der Waals surface area (Å²) in [5.74, 6) is 0. The Morgan fingerprint density at radius 3 is 2.74 bits per heavy atom. The lowest BCUT2D eigenvalue weighted by molar-refractivity contribution is 0.222. The van der Waals surface area contributed by atoms with Gasteiger partial charge in [-0.3, -0.25) is 4.98 Å². The van der Waals surface area contributed by atoms with E-state index in [1.807, 2.05) is 30.1 Å². The molecule has 0 bridgehead atoms. The summed E-state index contributed by atoms with van der Waals surface area (Å²) in [7, 11) is 0. The molecular formula is C14H21N3S2. The standard InChI is InChI=1S/C14H21N3S2/c1-19-14(13(15)18)6-10-17(11-7-14)9-5-12-4-2-3-8-16-12/h2-4,8H,5-7,9-11H2,1H3,(H2,15,18). The first-order valence-electron chi connectivity index (χ1n) is 6.63. The largest absolute Gasteiger partial charge is 0.392 e. The van der Waals surface area contributed by atoms with Crippen molar-refractivity contribution < 1.29 is 0 Å². The van der Waals surface area contributed by atoms with Gasteiger partial charge in [0, 0.05) is 24.9 Å². The van der Waals surface area contributed by atoms with Crippen LogP contribution < -0.4 is 5.73 Å². The number of rotatable bonds is 5. The lowest BCUT2D eigenvalue weighted by Crippen LogP contribution is -2.49. The zero-order chi connectivity index (χ0) is 13.7. The van der Waals surface area contributed by atoms with Crippen molar-refractivity contribution in [3.8, 4) is 0 Å². The molecule has 5 heteroatoms. The lowest BCUT2D eigenvalue weighted by Gasteiger charge is -2.40. The van der Waals surface area contributed by atoms with Gasteiger partial charge in [0.25, 0.3) is 0 Å². The van der Waals surface area contributed by atoms with Crippen LogP contribution in [0.5, 0.6) is 0 Å². The van der Waals surface area contributed by atoms with Crippen molar-refractivity contribution in [1.82, 2.24) is 9.88 Å². The first-order valence-corrected chi connectivity index (χ1v) is 8.27. The van der Waals surface area contributed by atoms with E-state index in [9.17, 15) is 0 Å². The molecule has 2 N–H and O–H groups in total. The van der Waals surface area contributed by atoms with Gasteiger partial charge in [0.2, 0.25) is 0 Å². The van der Waals surface area contributed by atoms with Gasteiger partial charge in [-0.05, 0) is 44.3 Å². The van der Waals surface area contributed by atoms with E-state index in [-0.39, 0.29) is 4.75 Å². The van der Waals surface area contributed by atoms with Crippen LogP contribution in [0.3, 0.4) is 0 Å². The van der Waals surface area contributed by atoms with Crippen molar-refractivity contribution >= 4 is 29.0 Å². The second-order valence-corrected chi connectivity index (χ2v) is 6.60. The van der Waals surface area contributed by atoms with Gasteiger partial charge < -0.3 is 10.6 Å². The molecule has 0 aromatic carbocycles. The highest BCUT2D eigenvalue weighted by molar-refractivity contribution is 8.02. The molecule has 1 saturated heterocycles. The Balaban J connectivity index is 1.82. The number of thioether (sulfide) groups is 1. The predicted molar refractivity (Wildman–Crippen MR) is 86.6 cm³/mol. The highest BCUT2D eigenvalue weighted by Crippen LogP contribution is 2.34. The van der Waals surface area contributed by atoms with Gasteiger partial charge >= 0.3 is 0 Å². The molecule has 3 nitrogen and oxygen atoms in total. The second kappa shape index (κ2) is 6.68. The van der Waals surface area contributed by atoms with Gasteiger partial charge in [0.1, 0.15) is 0 Å². The van der Waals surface area contributed by atoms with Crippen molar-refractivity contribution in [3.63, 3.8) is 0 Å². The minimum atomic E-state index is 0.0246. The summed E-state index contributed by atoms with van der Waals surface area (Å²) >= 11 is 7.05. The molecule has 1 aromatic heterocycles. The minimum absolute atomic E-state index is 0.0246. The van der Waals surface area contributed by atoms with E-state index in [0.717, 1.165) is 38.9 Å². The molecule has 0 saturated carbocycles. The van der Waals surface area contributed by atoms with Crippen molar-refractivity contribution in [3.05, 3.63) is 30.1 Å². The smallest absolute Gasteiger partial charge is 0.0891 e.